The van der Waals surface area contributed by atoms with Crippen LogP contribution in [-0.2, 0) is 0 Å². The van der Waals surface area contributed by atoms with Gasteiger partial charge in [0.25, 0.3) is 0 Å². The van der Waals surface area contributed by atoms with Gasteiger partial charge in [0.15, 0.2) is 0 Å². The van der Waals surface area contributed by atoms with Crippen molar-refractivity contribution in [2.24, 2.45) is 0 Å². The topological polar surface area (TPSA) is 52.8 Å². The van der Waals surface area contributed by atoms with Gasteiger partial charge < -0.3 is 4.90 Å². The molecule has 0 aliphatic carbocycles. The average molecular weight is 188 g/mol. The Morgan fingerprint density at radius 2 is 1.79 bits per heavy atom. The number of nitriles is 1. The monoisotopic (exact) mass is 188 g/mol. The molecule has 0 saturated carbocycles. The summed E-state index contributed by atoms with van der Waals surface area (Å²) in [5.41, 5.74) is 0.519. The molecule has 0 radical (unpaired) electrons. The minimum atomic E-state index is 0.519. The standard InChI is InChI=1S/C10H12N4/c11-6-9-7-12-10(13-8-9)14-4-2-1-3-5-14/h7-8H,1-5H2. The van der Waals surface area contributed by atoms with E-state index in [0.29, 0.717) is 5.56 Å². The highest BCUT2D eigenvalue weighted by Gasteiger charge is 2.12. The van der Waals surface area contributed by atoms with E-state index in [-0.39, 0.29) is 0 Å². The zero-order valence-electron chi connectivity index (χ0n) is 7.98. The minimum Gasteiger partial charge on any atom is -0.341 e. The summed E-state index contributed by atoms with van der Waals surface area (Å²) in [6, 6.07) is 2.01. The van der Waals surface area contributed by atoms with Crippen molar-refractivity contribution in [3.63, 3.8) is 0 Å². The van der Waals surface area contributed by atoms with Crippen molar-refractivity contribution in [2.75, 3.05) is 18.0 Å². The third kappa shape index (κ3) is 1.82. The van der Waals surface area contributed by atoms with E-state index in [1.807, 2.05) is 6.07 Å². The van der Waals surface area contributed by atoms with E-state index in [0.717, 1.165) is 19.0 Å². The SMILES string of the molecule is N#Cc1cnc(N2CCCCC2)nc1. The lowest BCUT2D eigenvalue weighted by Crippen LogP contribution is -2.30. The molecule has 2 rings (SSSR count). The Labute approximate surface area is 83.2 Å². The maximum Gasteiger partial charge on any atom is 0.225 e. The molecule has 1 saturated heterocycles. The summed E-state index contributed by atoms with van der Waals surface area (Å²) in [7, 11) is 0. The molecule has 14 heavy (non-hydrogen) atoms. The molecule has 1 aromatic rings. The van der Waals surface area contributed by atoms with Crippen LogP contribution < -0.4 is 4.90 Å². The van der Waals surface area contributed by atoms with Crippen LogP contribution in [0, 0.1) is 11.3 Å². The van der Waals surface area contributed by atoms with Gasteiger partial charge in [-0.05, 0) is 19.3 Å². The molecule has 0 atom stereocenters. The molecule has 0 unspecified atom stereocenters. The molecule has 0 spiro atoms. The van der Waals surface area contributed by atoms with Gasteiger partial charge in [0.05, 0.1) is 18.0 Å². The number of aromatic nitrogens is 2. The first-order valence-corrected chi connectivity index (χ1v) is 4.87. The molecule has 0 aromatic carbocycles. The van der Waals surface area contributed by atoms with Gasteiger partial charge in [0, 0.05) is 13.1 Å². The minimum absolute atomic E-state index is 0.519. The molecule has 1 aromatic heterocycles. The average Bonchev–Trinajstić information content (AvgIpc) is 2.30. The molecule has 0 amide bonds. The van der Waals surface area contributed by atoms with Gasteiger partial charge in [0.2, 0.25) is 5.95 Å². The van der Waals surface area contributed by atoms with Gasteiger partial charge in [-0.25, -0.2) is 9.97 Å². The zero-order valence-corrected chi connectivity index (χ0v) is 7.98. The van der Waals surface area contributed by atoms with E-state index < -0.39 is 0 Å². The van der Waals surface area contributed by atoms with E-state index in [1.54, 1.807) is 12.4 Å². The van der Waals surface area contributed by atoms with Crippen LogP contribution in [-0.4, -0.2) is 23.1 Å². The summed E-state index contributed by atoms with van der Waals surface area (Å²) in [5, 5.41) is 8.60. The van der Waals surface area contributed by atoms with Crippen molar-refractivity contribution in [2.45, 2.75) is 19.3 Å². The fraction of sp³-hybridized carbons (Fsp3) is 0.500. The van der Waals surface area contributed by atoms with Gasteiger partial charge in [-0.1, -0.05) is 0 Å². The van der Waals surface area contributed by atoms with Gasteiger partial charge in [-0.2, -0.15) is 5.26 Å². The quantitative estimate of drug-likeness (QED) is 0.667. The summed E-state index contributed by atoms with van der Waals surface area (Å²) >= 11 is 0. The lowest BCUT2D eigenvalue weighted by Gasteiger charge is -2.26. The Hall–Kier alpha value is -1.63. The van der Waals surface area contributed by atoms with Crippen molar-refractivity contribution >= 4 is 5.95 Å². The van der Waals surface area contributed by atoms with Crippen LogP contribution in [0.4, 0.5) is 5.95 Å². The summed E-state index contributed by atoms with van der Waals surface area (Å²) in [6.07, 6.45) is 6.88. The summed E-state index contributed by atoms with van der Waals surface area (Å²) < 4.78 is 0. The molecule has 2 heterocycles. The molecule has 72 valence electrons. The maximum absolute atomic E-state index is 8.60. The molecular formula is C10H12N4. The first-order valence-electron chi connectivity index (χ1n) is 4.87. The van der Waals surface area contributed by atoms with Crippen molar-refractivity contribution in [1.29, 1.82) is 5.26 Å². The highest BCUT2D eigenvalue weighted by molar-refractivity contribution is 5.33. The summed E-state index contributed by atoms with van der Waals surface area (Å²) in [5.74, 6) is 0.753. The number of hydrogen-bond donors (Lipinski definition) is 0. The second kappa shape index (κ2) is 4.05. The van der Waals surface area contributed by atoms with Crippen LogP contribution in [0.5, 0.6) is 0 Å². The number of anilines is 1. The first kappa shape index (κ1) is 8.95. The van der Waals surface area contributed by atoms with Crippen LogP contribution in [0.2, 0.25) is 0 Å². The number of nitrogens with zero attached hydrogens (tertiary/aromatic N) is 4. The number of hydrogen-bond acceptors (Lipinski definition) is 4. The number of rotatable bonds is 1. The molecular weight excluding hydrogens is 176 g/mol. The second-order valence-corrected chi connectivity index (χ2v) is 3.43. The summed E-state index contributed by atoms with van der Waals surface area (Å²) in [6.45, 7) is 2.07. The lowest BCUT2D eigenvalue weighted by atomic mass is 10.1. The van der Waals surface area contributed by atoms with E-state index in [1.165, 1.54) is 19.3 Å². The van der Waals surface area contributed by atoms with Crippen molar-refractivity contribution in [1.82, 2.24) is 9.97 Å². The smallest absolute Gasteiger partial charge is 0.225 e. The molecule has 1 fully saturated rings. The Morgan fingerprint density at radius 1 is 1.14 bits per heavy atom. The maximum atomic E-state index is 8.60. The Balaban J connectivity index is 2.12. The van der Waals surface area contributed by atoms with Gasteiger partial charge >= 0.3 is 0 Å². The summed E-state index contributed by atoms with van der Waals surface area (Å²) in [4.78, 5) is 10.5. The van der Waals surface area contributed by atoms with Gasteiger partial charge in [0.1, 0.15) is 6.07 Å². The van der Waals surface area contributed by atoms with E-state index in [2.05, 4.69) is 14.9 Å². The first-order chi connectivity index (χ1) is 6.90. The number of piperidine rings is 1. The third-order valence-corrected chi connectivity index (χ3v) is 2.41. The zero-order chi connectivity index (χ0) is 9.80. The highest BCUT2D eigenvalue weighted by Crippen LogP contribution is 2.14. The van der Waals surface area contributed by atoms with Crippen molar-refractivity contribution < 1.29 is 0 Å². The second-order valence-electron chi connectivity index (χ2n) is 3.43. The largest absolute Gasteiger partial charge is 0.341 e. The molecule has 0 bridgehead atoms. The highest BCUT2D eigenvalue weighted by atomic mass is 15.2. The molecule has 4 heteroatoms. The van der Waals surface area contributed by atoms with E-state index >= 15 is 0 Å². The fourth-order valence-electron chi connectivity index (χ4n) is 1.64. The van der Waals surface area contributed by atoms with Crippen LogP contribution in [0.25, 0.3) is 0 Å². The fourth-order valence-corrected chi connectivity index (χ4v) is 1.64. The predicted octanol–water partition coefficient (Wildman–Crippen LogP) is 1.34. The Morgan fingerprint density at radius 3 is 2.36 bits per heavy atom. The van der Waals surface area contributed by atoms with Crippen molar-refractivity contribution in [3.05, 3.63) is 18.0 Å². The normalized spacial score (nSPS) is 16.4. The Bertz CT molecular complexity index is 332. The van der Waals surface area contributed by atoms with E-state index in [4.69, 9.17) is 5.26 Å². The lowest BCUT2D eigenvalue weighted by molar-refractivity contribution is 0.568. The van der Waals surface area contributed by atoms with Crippen LogP contribution in [0.3, 0.4) is 0 Å². The van der Waals surface area contributed by atoms with Gasteiger partial charge in [-0.15, -0.1) is 0 Å². The van der Waals surface area contributed by atoms with Crippen LogP contribution in [0.15, 0.2) is 12.4 Å². The third-order valence-electron chi connectivity index (χ3n) is 2.41. The molecule has 0 N–H and O–H groups in total. The van der Waals surface area contributed by atoms with E-state index in [9.17, 15) is 0 Å². The van der Waals surface area contributed by atoms with Crippen LogP contribution in [0.1, 0.15) is 24.8 Å². The predicted molar refractivity (Wildman–Crippen MR) is 52.8 cm³/mol. The Kier molecular flexibility index (Phi) is 2.59. The van der Waals surface area contributed by atoms with Crippen molar-refractivity contribution in [3.8, 4) is 6.07 Å². The molecule has 4 nitrogen and oxygen atoms in total. The van der Waals surface area contributed by atoms with Crippen LogP contribution >= 0.6 is 0 Å². The molecule has 1 aliphatic heterocycles. The van der Waals surface area contributed by atoms with Gasteiger partial charge in [-0.3, -0.25) is 0 Å². The molecule has 1 aliphatic rings.